The fourth-order valence-corrected chi connectivity index (χ4v) is 1.83. The van der Waals surface area contributed by atoms with E-state index in [1.54, 1.807) is 12.1 Å². The number of carbonyl (C=O) groups is 1. The van der Waals surface area contributed by atoms with Crippen LogP contribution in [-0.2, 0) is 0 Å². The van der Waals surface area contributed by atoms with Crippen LogP contribution in [0.25, 0.3) is 0 Å². The van der Waals surface area contributed by atoms with Gasteiger partial charge in [0, 0.05) is 27.0 Å². The van der Waals surface area contributed by atoms with Gasteiger partial charge >= 0.3 is 0 Å². The van der Waals surface area contributed by atoms with Gasteiger partial charge in [-0.05, 0) is 59.0 Å². The maximum absolute atomic E-state index is 11.9. The molecule has 0 unspecified atom stereocenters. The summed E-state index contributed by atoms with van der Waals surface area (Å²) in [5, 5.41) is 13.2. The summed E-state index contributed by atoms with van der Waals surface area (Å²) < 4.78 is 1.05. The molecule has 0 atom stereocenters. The van der Waals surface area contributed by atoms with Crippen LogP contribution in [0.15, 0.2) is 48.5 Å². The third kappa shape index (κ3) is 3.50. The van der Waals surface area contributed by atoms with Crippen LogP contribution < -0.4 is 5.32 Å². The first-order valence-corrected chi connectivity index (χ1v) is 6.45. The Labute approximate surface area is 122 Å². The second-order valence-corrected chi connectivity index (χ2v) is 5.01. The van der Waals surface area contributed by atoms with Gasteiger partial charge in [-0.1, -0.05) is 0 Å². The van der Waals surface area contributed by atoms with Gasteiger partial charge in [-0.2, -0.15) is 0 Å². The molecule has 2 aromatic rings. The lowest BCUT2D eigenvalue weighted by Crippen LogP contribution is -2.11. The van der Waals surface area contributed by atoms with Gasteiger partial charge in [0.05, 0.1) is 4.92 Å². The van der Waals surface area contributed by atoms with Crippen LogP contribution in [0.5, 0.6) is 0 Å². The van der Waals surface area contributed by atoms with E-state index in [0.717, 1.165) is 3.57 Å². The summed E-state index contributed by atoms with van der Waals surface area (Å²) in [6, 6.07) is 12.8. The molecule has 0 aliphatic heterocycles. The van der Waals surface area contributed by atoms with Crippen molar-refractivity contribution in [2.24, 2.45) is 0 Å². The first-order valence-electron chi connectivity index (χ1n) is 5.37. The number of benzene rings is 2. The number of hydrogen-bond donors (Lipinski definition) is 1. The summed E-state index contributed by atoms with van der Waals surface area (Å²) in [4.78, 5) is 21.9. The molecule has 5 nitrogen and oxygen atoms in total. The molecule has 0 heterocycles. The Morgan fingerprint density at radius 2 is 1.63 bits per heavy atom. The SMILES string of the molecule is O=C(Nc1ccc([N+](=O)[O-])cc1)c1ccc(I)cc1. The van der Waals surface area contributed by atoms with Crippen molar-refractivity contribution in [1.29, 1.82) is 0 Å². The van der Waals surface area contributed by atoms with Crippen molar-refractivity contribution in [3.63, 3.8) is 0 Å². The van der Waals surface area contributed by atoms with Crippen LogP contribution in [0.3, 0.4) is 0 Å². The van der Waals surface area contributed by atoms with E-state index in [1.165, 1.54) is 24.3 Å². The van der Waals surface area contributed by atoms with Gasteiger partial charge in [0.1, 0.15) is 0 Å². The number of rotatable bonds is 3. The topological polar surface area (TPSA) is 72.2 Å². The molecular formula is C13H9IN2O3. The van der Waals surface area contributed by atoms with E-state index >= 15 is 0 Å². The number of hydrogen-bond acceptors (Lipinski definition) is 3. The smallest absolute Gasteiger partial charge is 0.269 e. The van der Waals surface area contributed by atoms with Crippen molar-refractivity contribution >= 4 is 39.9 Å². The normalized spacial score (nSPS) is 9.95. The predicted molar refractivity (Wildman–Crippen MR) is 80.2 cm³/mol. The van der Waals surface area contributed by atoms with E-state index in [9.17, 15) is 14.9 Å². The monoisotopic (exact) mass is 368 g/mol. The molecule has 96 valence electrons. The molecule has 0 radical (unpaired) electrons. The number of nitrogens with zero attached hydrogens (tertiary/aromatic N) is 1. The third-order valence-corrected chi connectivity index (χ3v) is 3.16. The Kier molecular flexibility index (Phi) is 4.10. The first-order chi connectivity index (χ1) is 9.06. The van der Waals surface area contributed by atoms with Crippen molar-refractivity contribution in [2.45, 2.75) is 0 Å². The average molecular weight is 368 g/mol. The summed E-state index contributed by atoms with van der Waals surface area (Å²) in [6.45, 7) is 0. The fraction of sp³-hybridized carbons (Fsp3) is 0. The molecule has 0 spiro atoms. The quantitative estimate of drug-likeness (QED) is 0.513. The van der Waals surface area contributed by atoms with Crippen LogP contribution in [0, 0.1) is 13.7 Å². The maximum Gasteiger partial charge on any atom is 0.269 e. The number of amides is 1. The predicted octanol–water partition coefficient (Wildman–Crippen LogP) is 3.45. The second-order valence-electron chi connectivity index (χ2n) is 3.77. The van der Waals surface area contributed by atoms with Crippen LogP contribution in [0.4, 0.5) is 11.4 Å². The summed E-state index contributed by atoms with van der Waals surface area (Å²) in [5.41, 5.74) is 1.06. The molecule has 0 bridgehead atoms. The van der Waals surface area contributed by atoms with Gasteiger partial charge in [-0.25, -0.2) is 0 Å². The van der Waals surface area contributed by atoms with E-state index in [1.807, 2.05) is 12.1 Å². The van der Waals surface area contributed by atoms with E-state index in [4.69, 9.17) is 0 Å². The molecule has 1 N–H and O–H groups in total. The molecular weight excluding hydrogens is 359 g/mol. The van der Waals surface area contributed by atoms with Gasteiger partial charge in [0.2, 0.25) is 0 Å². The molecule has 6 heteroatoms. The molecule has 19 heavy (non-hydrogen) atoms. The average Bonchev–Trinajstić information content (AvgIpc) is 2.40. The highest BCUT2D eigenvalue weighted by molar-refractivity contribution is 14.1. The van der Waals surface area contributed by atoms with Gasteiger partial charge in [0.15, 0.2) is 0 Å². The summed E-state index contributed by atoms with van der Waals surface area (Å²) in [5.74, 6) is -0.245. The first kappa shape index (κ1) is 13.5. The van der Waals surface area contributed by atoms with Crippen LogP contribution in [0.1, 0.15) is 10.4 Å². The number of halogens is 1. The fourth-order valence-electron chi connectivity index (χ4n) is 1.47. The molecule has 0 aliphatic rings. The summed E-state index contributed by atoms with van der Waals surface area (Å²) in [7, 11) is 0. The molecule has 0 saturated carbocycles. The third-order valence-electron chi connectivity index (χ3n) is 2.44. The molecule has 2 aromatic carbocycles. The van der Waals surface area contributed by atoms with Crippen molar-refractivity contribution in [2.75, 3.05) is 5.32 Å². The summed E-state index contributed by atoms with van der Waals surface area (Å²) >= 11 is 2.16. The van der Waals surface area contributed by atoms with Crippen LogP contribution >= 0.6 is 22.6 Å². The number of anilines is 1. The van der Waals surface area contributed by atoms with Crippen molar-refractivity contribution in [1.82, 2.24) is 0 Å². The highest BCUT2D eigenvalue weighted by Gasteiger charge is 2.08. The minimum atomic E-state index is -0.481. The Bertz CT molecular complexity index is 609. The van der Waals surface area contributed by atoms with Gasteiger partial charge in [0.25, 0.3) is 11.6 Å². The lowest BCUT2D eigenvalue weighted by atomic mass is 10.2. The summed E-state index contributed by atoms with van der Waals surface area (Å²) in [6.07, 6.45) is 0. The highest BCUT2D eigenvalue weighted by atomic mass is 127. The standard InChI is InChI=1S/C13H9IN2O3/c14-10-3-1-9(2-4-10)13(17)15-11-5-7-12(8-6-11)16(18)19/h1-8H,(H,15,17). The molecule has 0 saturated heterocycles. The largest absolute Gasteiger partial charge is 0.322 e. The number of carbonyl (C=O) groups excluding carboxylic acids is 1. The lowest BCUT2D eigenvalue weighted by Gasteiger charge is -2.05. The van der Waals surface area contributed by atoms with E-state index in [2.05, 4.69) is 27.9 Å². The van der Waals surface area contributed by atoms with Crippen molar-refractivity contribution in [3.8, 4) is 0 Å². The lowest BCUT2D eigenvalue weighted by molar-refractivity contribution is -0.384. The Hall–Kier alpha value is -1.96. The Morgan fingerprint density at radius 3 is 2.16 bits per heavy atom. The maximum atomic E-state index is 11.9. The van der Waals surface area contributed by atoms with Crippen molar-refractivity contribution < 1.29 is 9.72 Å². The Balaban J connectivity index is 2.10. The number of nitrogens with one attached hydrogen (secondary N) is 1. The minimum Gasteiger partial charge on any atom is -0.322 e. The zero-order chi connectivity index (χ0) is 13.8. The second kappa shape index (κ2) is 5.79. The number of non-ortho nitro benzene ring substituents is 1. The zero-order valence-electron chi connectivity index (χ0n) is 9.67. The highest BCUT2D eigenvalue weighted by Crippen LogP contribution is 2.16. The van der Waals surface area contributed by atoms with Gasteiger partial charge in [-0.15, -0.1) is 0 Å². The van der Waals surface area contributed by atoms with Gasteiger partial charge in [-0.3, -0.25) is 14.9 Å². The minimum absolute atomic E-state index is 0.00716. The Morgan fingerprint density at radius 1 is 1.05 bits per heavy atom. The van der Waals surface area contributed by atoms with E-state index in [0.29, 0.717) is 11.3 Å². The molecule has 2 rings (SSSR count). The van der Waals surface area contributed by atoms with Crippen LogP contribution in [0.2, 0.25) is 0 Å². The van der Waals surface area contributed by atoms with E-state index in [-0.39, 0.29) is 11.6 Å². The zero-order valence-corrected chi connectivity index (χ0v) is 11.8. The van der Waals surface area contributed by atoms with E-state index < -0.39 is 4.92 Å². The molecule has 0 aromatic heterocycles. The molecule has 0 aliphatic carbocycles. The molecule has 1 amide bonds. The molecule has 0 fully saturated rings. The van der Waals surface area contributed by atoms with Gasteiger partial charge < -0.3 is 5.32 Å². The number of nitro benzene ring substituents is 1. The number of nitro groups is 1. The van der Waals surface area contributed by atoms with Crippen LogP contribution in [-0.4, -0.2) is 10.8 Å². The van der Waals surface area contributed by atoms with Crippen molar-refractivity contribution in [3.05, 3.63) is 67.8 Å².